The molecule has 0 radical (unpaired) electrons. The number of carbonyl (C=O) groups excluding carboxylic acids is 2. The van der Waals surface area contributed by atoms with Crippen molar-refractivity contribution in [2.75, 3.05) is 6.61 Å². The molecule has 1 aromatic rings. The third-order valence-electron chi connectivity index (χ3n) is 2.45. The van der Waals surface area contributed by atoms with E-state index in [1.807, 2.05) is 0 Å². The number of hydrogen-bond donors (Lipinski definition) is 0. The molecule has 102 valence electrons. The number of hydrogen-bond acceptors (Lipinski definition) is 5. The fourth-order valence-corrected chi connectivity index (χ4v) is 2.23. The minimum atomic E-state index is -0.888. The van der Waals surface area contributed by atoms with Gasteiger partial charge in [-0.05, 0) is 35.0 Å². The van der Waals surface area contributed by atoms with Gasteiger partial charge >= 0.3 is 5.97 Å². The Labute approximate surface area is 119 Å². The van der Waals surface area contributed by atoms with Crippen molar-refractivity contribution in [1.82, 2.24) is 0 Å². The summed E-state index contributed by atoms with van der Waals surface area (Å²) in [7, 11) is 0. The average Bonchev–Trinajstić information content (AvgIpc) is 2.60. The molecule has 1 heterocycles. The number of carbonyl (C=O) groups is 2. The summed E-state index contributed by atoms with van der Waals surface area (Å²) in [6.07, 6.45) is 0. The molecule has 0 atom stereocenters. The molecule has 1 aliphatic rings. The molecule has 0 N–H and O–H groups in total. The molecule has 19 heavy (non-hydrogen) atoms. The average molecular weight is 329 g/mol. The van der Waals surface area contributed by atoms with E-state index in [-0.39, 0.29) is 12.2 Å². The zero-order chi connectivity index (χ0) is 14.2. The van der Waals surface area contributed by atoms with Gasteiger partial charge in [0.15, 0.2) is 11.5 Å². The number of Topliss-reactive ketones (excluding diaryl/α,β-unsaturated/α-hetero) is 1. The maximum atomic E-state index is 11.9. The standard InChI is InChI=1S/C13H13BrO5/c1-4-17-12(16)11(15)7-5-9-10(6-8(7)14)19-13(2,3)18-9/h5-6H,4H2,1-3H3. The van der Waals surface area contributed by atoms with E-state index in [4.69, 9.17) is 14.2 Å². The zero-order valence-corrected chi connectivity index (χ0v) is 12.4. The fraction of sp³-hybridized carbons (Fsp3) is 0.385. The molecule has 0 saturated heterocycles. The third kappa shape index (κ3) is 2.73. The Bertz CT molecular complexity index is 550. The van der Waals surface area contributed by atoms with Gasteiger partial charge in [0.1, 0.15) is 0 Å². The molecule has 0 fully saturated rings. The maximum Gasteiger partial charge on any atom is 0.379 e. The summed E-state index contributed by atoms with van der Waals surface area (Å²) < 4.78 is 16.2. The Morgan fingerprint density at radius 1 is 1.26 bits per heavy atom. The van der Waals surface area contributed by atoms with E-state index in [1.54, 1.807) is 26.8 Å². The molecule has 0 aliphatic carbocycles. The van der Waals surface area contributed by atoms with Crippen LogP contribution in [0, 0.1) is 0 Å². The first-order valence-electron chi connectivity index (χ1n) is 5.77. The Morgan fingerprint density at radius 3 is 2.42 bits per heavy atom. The summed E-state index contributed by atoms with van der Waals surface area (Å²) in [5, 5.41) is 0. The molecule has 0 spiro atoms. The summed E-state index contributed by atoms with van der Waals surface area (Å²) in [5.41, 5.74) is 0.193. The highest BCUT2D eigenvalue weighted by molar-refractivity contribution is 9.10. The number of ketones is 1. The van der Waals surface area contributed by atoms with Crippen molar-refractivity contribution in [1.29, 1.82) is 0 Å². The normalized spacial score (nSPS) is 15.2. The summed E-state index contributed by atoms with van der Waals surface area (Å²) in [4.78, 5) is 23.4. The minimum absolute atomic E-state index is 0.153. The van der Waals surface area contributed by atoms with Crippen LogP contribution < -0.4 is 9.47 Å². The number of fused-ring (bicyclic) bond motifs is 1. The second-order valence-corrected chi connectivity index (χ2v) is 5.29. The molecule has 1 aliphatic heterocycles. The number of benzene rings is 1. The van der Waals surface area contributed by atoms with E-state index < -0.39 is 17.5 Å². The first-order chi connectivity index (χ1) is 8.84. The number of esters is 1. The first kappa shape index (κ1) is 13.9. The Morgan fingerprint density at radius 2 is 1.84 bits per heavy atom. The van der Waals surface area contributed by atoms with Crippen LogP contribution in [0.15, 0.2) is 16.6 Å². The second kappa shape index (κ2) is 4.85. The summed E-state index contributed by atoms with van der Waals surface area (Å²) in [6, 6.07) is 3.09. The van der Waals surface area contributed by atoms with Gasteiger partial charge in [-0.1, -0.05) is 0 Å². The first-order valence-corrected chi connectivity index (χ1v) is 6.56. The van der Waals surface area contributed by atoms with Gasteiger partial charge in [0.05, 0.1) is 6.61 Å². The predicted octanol–water partition coefficient (Wildman–Crippen LogP) is 2.70. The molecular formula is C13H13BrO5. The molecule has 5 nitrogen and oxygen atoms in total. The predicted molar refractivity (Wildman–Crippen MR) is 70.4 cm³/mol. The van der Waals surface area contributed by atoms with Crippen LogP contribution in [0.25, 0.3) is 0 Å². The maximum absolute atomic E-state index is 11.9. The van der Waals surface area contributed by atoms with E-state index in [0.29, 0.717) is 16.0 Å². The van der Waals surface area contributed by atoms with Crippen LogP contribution >= 0.6 is 15.9 Å². The van der Waals surface area contributed by atoms with Gasteiger partial charge in [0, 0.05) is 23.9 Å². The fourth-order valence-electron chi connectivity index (χ4n) is 1.73. The molecule has 1 aromatic carbocycles. The molecule has 0 aromatic heterocycles. The van der Waals surface area contributed by atoms with Gasteiger partial charge in [-0.25, -0.2) is 4.79 Å². The minimum Gasteiger partial charge on any atom is -0.460 e. The molecule has 0 bridgehead atoms. The Kier molecular flexibility index (Phi) is 3.54. The third-order valence-corrected chi connectivity index (χ3v) is 3.11. The topological polar surface area (TPSA) is 61.8 Å². The smallest absolute Gasteiger partial charge is 0.379 e. The van der Waals surface area contributed by atoms with E-state index in [1.165, 1.54) is 6.07 Å². The summed E-state index contributed by atoms with van der Waals surface area (Å²) >= 11 is 3.24. The SMILES string of the molecule is CCOC(=O)C(=O)c1cc2c(cc1Br)OC(C)(C)O2. The van der Waals surface area contributed by atoms with E-state index in [0.717, 1.165) is 0 Å². The van der Waals surface area contributed by atoms with Crippen molar-refractivity contribution in [3.63, 3.8) is 0 Å². The van der Waals surface area contributed by atoms with E-state index in [9.17, 15) is 9.59 Å². The molecule has 0 unspecified atom stereocenters. The Balaban J connectivity index is 2.35. The molecule has 6 heteroatoms. The van der Waals surface area contributed by atoms with Crippen LogP contribution in [-0.4, -0.2) is 24.1 Å². The number of rotatable bonds is 3. The highest BCUT2D eigenvalue weighted by Gasteiger charge is 2.34. The van der Waals surface area contributed by atoms with Crippen LogP contribution in [0.3, 0.4) is 0 Å². The molecule has 2 rings (SSSR count). The van der Waals surface area contributed by atoms with Crippen LogP contribution in [-0.2, 0) is 9.53 Å². The van der Waals surface area contributed by atoms with Crippen molar-refractivity contribution in [2.24, 2.45) is 0 Å². The molecular weight excluding hydrogens is 316 g/mol. The lowest BCUT2D eigenvalue weighted by molar-refractivity contribution is -0.137. The highest BCUT2D eigenvalue weighted by Crippen LogP contribution is 2.42. The van der Waals surface area contributed by atoms with Gasteiger partial charge in [-0.2, -0.15) is 0 Å². The lowest BCUT2D eigenvalue weighted by Crippen LogP contribution is -2.29. The number of halogens is 1. The van der Waals surface area contributed by atoms with Crippen LogP contribution in [0.5, 0.6) is 11.5 Å². The van der Waals surface area contributed by atoms with Crippen molar-refractivity contribution < 1.29 is 23.8 Å². The van der Waals surface area contributed by atoms with Crippen molar-refractivity contribution in [2.45, 2.75) is 26.6 Å². The number of ether oxygens (including phenoxy) is 3. The van der Waals surface area contributed by atoms with Crippen molar-refractivity contribution >= 4 is 27.7 Å². The van der Waals surface area contributed by atoms with Gasteiger partial charge in [0.2, 0.25) is 5.79 Å². The zero-order valence-electron chi connectivity index (χ0n) is 10.8. The van der Waals surface area contributed by atoms with E-state index >= 15 is 0 Å². The van der Waals surface area contributed by atoms with E-state index in [2.05, 4.69) is 15.9 Å². The largest absolute Gasteiger partial charge is 0.460 e. The lowest BCUT2D eigenvalue weighted by atomic mass is 10.1. The van der Waals surface area contributed by atoms with Crippen LogP contribution in [0.4, 0.5) is 0 Å². The second-order valence-electron chi connectivity index (χ2n) is 4.43. The summed E-state index contributed by atoms with van der Waals surface area (Å²) in [5.74, 6) is -1.43. The van der Waals surface area contributed by atoms with Crippen molar-refractivity contribution in [3.05, 3.63) is 22.2 Å². The summed E-state index contributed by atoms with van der Waals surface area (Å²) in [6.45, 7) is 5.31. The van der Waals surface area contributed by atoms with Crippen LogP contribution in [0.2, 0.25) is 0 Å². The Hall–Kier alpha value is -1.56. The van der Waals surface area contributed by atoms with Crippen molar-refractivity contribution in [3.8, 4) is 11.5 Å². The van der Waals surface area contributed by atoms with Gasteiger partial charge in [-0.3, -0.25) is 4.79 Å². The lowest BCUT2D eigenvalue weighted by Gasteiger charge is -2.16. The van der Waals surface area contributed by atoms with Gasteiger partial charge in [-0.15, -0.1) is 0 Å². The van der Waals surface area contributed by atoms with Gasteiger partial charge in [0.25, 0.3) is 5.78 Å². The van der Waals surface area contributed by atoms with Crippen LogP contribution in [0.1, 0.15) is 31.1 Å². The monoisotopic (exact) mass is 328 g/mol. The quantitative estimate of drug-likeness (QED) is 0.485. The molecule has 0 amide bonds. The van der Waals surface area contributed by atoms with Gasteiger partial charge < -0.3 is 14.2 Å². The molecule has 0 saturated carbocycles. The highest BCUT2D eigenvalue weighted by atomic mass is 79.9.